The standard InChI is InChI=1S/C11H12ClN3O/c1-7-13-9-5-8(14-11(16)6-12)3-4-10(9)15(7)2/h3-5H,6H2,1-2H3,(H,14,16). The highest BCUT2D eigenvalue weighted by atomic mass is 35.5. The molecule has 5 heteroatoms. The summed E-state index contributed by atoms with van der Waals surface area (Å²) in [5.74, 6) is 0.684. The molecule has 0 aliphatic heterocycles. The van der Waals surface area contributed by atoms with E-state index in [1.165, 1.54) is 0 Å². The first kappa shape index (κ1) is 11.0. The first-order valence-electron chi connectivity index (χ1n) is 4.90. The van der Waals surface area contributed by atoms with Crippen LogP contribution in [0.3, 0.4) is 0 Å². The van der Waals surface area contributed by atoms with Crippen LogP contribution in [-0.2, 0) is 11.8 Å². The van der Waals surface area contributed by atoms with Crippen molar-refractivity contribution in [1.29, 1.82) is 0 Å². The van der Waals surface area contributed by atoms with Crippen molar-refractivity contribution in [3.63, 3.8) is 0 Å². The number of halogens is 1. The number of imidazole rings is 1. The van der Waals surface area contributed by atoms with Crippen molar-refractivity contribution in [2.24, 2.45) is 7.05 Å². The summed E-state index contributed by atoms with van der Waals surface area (Å²) in [4.78, 5) is 15.5. The lowest BCUT2D eigenvalue weighted by atomic mass is 10.2. The van der Waals surface area contributed by atoms with Crippen LogP contribution < -0.4 is 5.32 Å². The van der Waals surface area contributed by atoms with Crippen LogP contribution in [0, 0.1) is 6.92 Å². The third kappa shape index (κ3) is 1.88. The van der Waals surface area contributed by atoms with Crippen molar-refractivity contribution in [3.8, 4) is 0 Å². The number of nitrogens with one attached hydrogen (secondary N) is 1. The van der Waals surface area contributed by atoms with Crippen LogP contribution in [0.2, 0.25) is 0 Å². The Labute approximate surface area is 98.2 Å². The quantitative estimate of drug-likeness (QED) is 0.813. The van der Waals surface area contributed by atoms with E-state index < -0.39 is 0 Å². The second-order valence-corrected chi connectivity index (χ2v) is 3.87. The molecule has 0 aliphatic carbocycles. The normalized spacial score (nSPS) is 10.7. The maximum Gasteiger partial charge on any atom is 0.239 e. The predicted molar refractivity (Wildman–Crippen MR) is 64.8 cm³/mol. The van der Waals surface area contributed by atoms with Crippen molar-refractivity contribution in [2.75, 3.05) is 11.2 Å². The van der Waals surface area contributed by atoms with Crippen molar-refractivity contribution < 1.29 is 4.79 Å². The zero-order chi connectivity index (χ0) is 11.7. The number of nitrogens with zero attached hydrogens (tertiary/aromatic N) is 2. The molecule has 2 rings (SSSR count). The van der Waals surface area contributed by atoms with E-state index >= 15 is 0 Å². The van der Waals surface area contributed by atoms with E-state index in [-0.39, 0.29) is 11.8 Å². The predicted octanol–water partition coefficient (Wildman–Crippen LogP) is 2.06. The fourth-order valence-electron chi connectivity index (χ4n) is 1.59. The monoisotopic (exact) mass is 237 g/mol. The van der Waals surface area contributed by atoms with E-state index in [2.05, 4.69) is 10.3 Å². The molecule has 0 saturated carbocycles. The van der Waals surface area contributed by atoms with Gasteiger partial charge in [-0.05, 0) is 25.1 Å². The number of hydrogen-bond acceptors (Lipinski definition) is 2. The highest BCUT2D eigenvalue weighted by molar-refractivity contribution is 6.29. The van der Waals surface area contributed by atoms with Gasteiger partial charge in [-0.25, -0.2) is 4.98 Å². The maximum absolute atomic E-state index is 11.1. The Hall–Kier alpha value is -1.55. The lowest BCUT2D eigenvalue weighted by molar-refractivity contribution is -0.113. The summed E-state index contributed by atoms with van der Waals surface area (Å²) in [6, 6.07) is 5.61. The molecule has 1 amide bonds. The third-order valence-corrected chi connectivity index (χ3v) is 2.75. The number of anilines is 1. The molecule has 0 aliphatic rings. The summed E-state index contributed by atoms with van der Waals surface area (Å²) in [7, 11) is 1.96. The largest absolute Gasteiger partial charge is 0.331 e. The molecular weight excluding hydrogens is 226 g/mol. The second kappa shape index (κ2) is 4.14. The summed E-state index contributed by atoms with van der Waals surface area (Å²) in [6.07, 6.45) is 0. The first-order chi connectivity index (χ1) is 7.61. The van der Waals surface area contributed by atoms with Crippen LogP contribution in [0.15, 0.2) is 18.2 Å². The van der Waals surface area contributed by atoms with Gasteiger partial charge in [-0.2, -0.15) is 0 Å². The molecule has 0 radical (unpaired) electrons. The number of alkyl halides is 1. The molecule has 16 heavy (non-hydrogen) atoms. The Balaban J connectivity index is 2.41. The molecule has 0 unspecified atom stereocenters. The maximum atomic E-state index is 11.1. The number of amides is 1. The molecule has 84 valence electrons. The molecule has 1 aromatic carbocycles. The van der Waals surface area contributed by atoms with Gasteiger partial charge in [0.15, 0.2) is 0 Å². The van der Waals surface area contributed by atoms with Gasteiger partial charge in [0.05, 0.1) is 11.0 Å². The Morgan fingerprint density at radius 1 is 1.56 bits per heavy atom. The number of carbonyl (C=O) groups excluding carboxylic acids is 1. The van der Waals surface area contributed by atoms with Crippen molar-refractivity contribution in [2.45, 2.75) is 6.92 Å². The van der Waals surface area contributed by atoms with Crippen molar-refractivity contribution >= 4 is 34.2 Å². The number of hydrogen-bond donors (Lipinski definition) is 1. The van der Waals surface area contributed by atoms with E-state index in [4.69, 9.17) is 11.6 Å². The van der Waals surface area contributed by atoms with Gasteiger partial charge in [0, 0.05) is 12.7 Å². The highest BCUT2D eigenvalue weighted by Gasteiger charge is 2.06. The molecule has 1 N–H and O–H groups in total. The molecule has 1 heterocycles. The Morgan fingerprint density at radius 3 is 3.00 bits per heavy atom. The van der Waals surface area contributed by atoms with Crippen LogP contribution >= 0.6 is 11.6 Å². The van der Waals surface area contributed by atoms with Crippen LogP contribution in [0.1, 0.15) is 5.82 Å². The smallest absolute Gasteiger partial charge is 0.239 e. The highest BCUT2D eigenvalue weighted by Crippen LogP contribution is 2.19. The van der Waals surface area contributed by atoms with Crippen LogP contribution in [-0.4, -0.2) is 21.3 Å². The molecule has 0 fully saturated rings. The van der Waals surface area contributed by atoms with E-state index in [9.17, 15) is 4.79 Å². The van der Waals surface area contributed by atoms with Gasteiger partial charge < -0.3 is 9.88 Å². The number of benzene rings is 1. The van der Waals surface area contributed by atoms with Crippen LogP contribution in [0.5, 0.6) is 0 Å². The summed E-state index contributed by atoms with van der Waals surface area (Å²) < 4.78 is 2.00. The number of carbonyl (C=O) groups is 1. The van der Waals surface area contributed by atoms with Crippen molar-refractivity contribution in [3.05, 3.63) is 24.0 Å². The average Bonchev–Trinajstić information content (AvgIpc) is 2.54. The van der Waals surface area contributed by atoms with Gasteiger partial charge >= 0.3 is 0 Å². The van der Waals surface area contributed by atoms with Crippen molar-refractivity contribution in [1.82, 2.24) is 9.55 Å². The Kier molecular flexibility index (Phi) is 2.83. The number of aromatic nitrogens is 2. The summed E-state index contributed by atoms with van der Waals surface area (Å²) in [6.45, 7) is 1.94. The SMILES string of the molecule is Cc1nc2cc(NC(=O)CCl)ccc2n1C. The van der Waals surface area contributed by atoms with Gasteiger partial charge in [0.2, 0.25) is 5.91 Å². The average molecular weight is 238 g/mol. The zero-order valence-electron chi connectivity index (χ0n) is 9.12. The molecule has 0 atom stereocenters. The lowest BCUT2D eigenvalue weighted by Crippen LogP contribution is -2.12. The van der Waals surface area contributed by atoms with Crippen LogP contribution in [0.4, 0.5) is 5.69 Å². The van der Waals surface area contributed by atoms with E-state index in [0.717, 1.165) is 22.5 Å². The fraction of sp³-hybridized carbons (Fsp3) is 0.273. The number of rotatable bonds is 2. The van der Waals surface area contributed by atoms with Gasteiger partial charge in [-0.3, -0.25) is 4.79 Å². The Morgan fingerprint density at radius 2 is 2.31 bits per heavy atom. The molecule has 4 nitrogen and oxygen atoms in total. The van der Waals surface area contributed by atoms with E-state index in [0.29, 0.717) is 0 Å². The summed E-state index contributed by atoms with van der Waals surface area (Å²) in [5.41, 5.74) is 2.63. The number of aryl methyl sites for hydroxylation is 2. The first-order valence-corrected chi connectivity index (χ1v) is 5.44. The zero-order valence-corrected chi connectivity index (χ0v) is 9.88. The molecular formula is C11H12ClN3O. The minimum absolute atomic E-state index is 0.0424. The van der Waals surface area contributed by atoms with E-state index in [1.54, 1.807) is 0 Å². The topological polar surface area (TPSA) is 46.9 Å². The Bertz CT molecular complexity index is 547. The summed E-state index contributed by atoms with van der Waals surface area (Å²) in [5, 5.41) is 2.69. The molecule has 2 aromatic rings. The minimum Gasteiger partial charge on any atom is -0.331 e. The van der Waals surface area contributed by atoms with Gasteiger partial charge in [-0.15, -0.1) is 11.6 Å². The van der Waals surface area contributed by atoms with Gasteiger partial charge in [0.25, 0.3) is 0 Å². The molecule has 0 saturated heterocycles. The second-order valence-electron chi connectivity index (χ2n) is 3.60. The number of fused-ring (bicyclic) bond motifs is 1. The summed E-state index contributed by atoms with van der Waals surface area (Å²) >= 11 is 5.42. The van der Waals surface area contributed by atoms with E-state index in [1.807, 2.05) is 36.7 Å². The lowest BCUT2D eigenvalue weighted by Gasteiger charge is -2.02. The fourth-order valence-corrected chi connectivity index (χ4v) is 1.66. The molecule has 0 bridgehead atoms. The van der Waals surface area contributed by atoms with Gasteiger partial charge in [0.1, 0.15) is 11.7 Å². The molecule has 0 spiro atoms. The van der Waals surface area contributed by atoms with Gasteiger partial charge in [-0.1, -0.05) is 0 Å². The van der Waals surface area contributed by atoms with Crippen LogP contribution in [0.25, 0.3) is 11.0 Å². The molecule has 1 aromatic heterocycles. The third-order valence-electron chi connectivity index (χ3n) is 2.51. The minimum atomic E-state index is -0.214.